The molecule has 24 heavy (non-hydrogen) atoms. The minimum Gasteiger partial charge on any atom is -0.491 e. The summed E-state index contributed by atoms with van der Waals surface area (Å²) in [6.45, 7) is 6.30. The average molecular weight is 333 g/mol. The van der Waals surface area contributed by atoms with Gasteiger partial charge >= 0.3 is 6.03 Å². The van der Waals surface area contributed by atoms with Gasteiger partial charge in [-0.25, -0.2) is 4.79 Å². The Morgan fingerprint density at radius 2 is 2.00 bits per heavy atom. The normalized spacial score (nSPS) is 15.7. The van der Waals surface area contributed by atoms with Crippen LogP contribution in [0.2, 0.25) is 0 Å². The maximum absolute atomic E-state index is 12.0. The van der Waals surface area contributed by atoms with E-state index in [1.807, 2.05) is 39.0 Å². The summed E-state index contributed by atoms with van der Waals surface area (Å²) in [5.74, 6) is 0.233. The smallest absolute Gasteiger partial charge is 0.324 e. The number of ether oxygens (including phenoxy) is 1. The number of para-hydroxylation sites is 1. The van der Waals surface area contributed by atoms with Gasteiger partial charge in [-0.3, -0.25) is 14.9 Å². The van der Waals surface area contributed by atoms with Crippen molar-refractivity contribution in [3.63, 3.8) is 0 Å². The Hall–Kier alpha value is -2.57. The van der Waals surface area contributed by atoms with Crippen molar-refractivity contribution in [3.05, 3.63) is 29.3 Å². The first-order valence-electron chi connectivity index (χ1n) is 7.94. The van der Waals surface area contributed by atoms with E-state index in [1.54, 1.807) is 0 Å². The predicted molar refractivity (Wildman–Crippen MR) is 88.7 cm³/mol. The molecule has 1 unspecified atom stereocenters. The number of carbonyl (C=O) groups is 3. The zero-order chi connectivity index (χ0) is 17.7. The Balaban J connectivity index is 1.79. The summed E-state index contributed by atoms with van der Waals surface area (Å²) in [5.41, 5.74) is 2.09. The van der Waals surface area contributed by atoms with Crippen molar-refractivity contribution < 1.29 is 19.1 Å². The molecule has 1 aliphatic heterocycles. The predicted octanol–water partition coefficient (Wildman–Crippen LogP) is 1.13. The van der Waals surface area contributed by atoms with Crippen LogP contribution < -0.4 is 15.4 Å². The first-order chi connectivity index (χ1) is 11.4. The second kappa shape index (κ2) is 7.81. The van der Waals surface area contributed by atoms with Crippen LogP contribution in [0.25, 0.3) is 0 Å². The summed E-state index contributed by atoms with van der Waals surface area (Å²) in [7, 11) is 0. The van der Waals surface area contributed by atoms with E-state index < -0.39 is 6.03 Å². The highest BCUT2D eigenvalue weighted by Crippen LogP contribution is 2.22. The molecule has 7 nitrogen and oxygen atoms in total. The second-order valence-corrected chi connectivity index (χ2v) is 6.03. The number of benzene rings is 1. The molecule has 0 aliphatic carbocycles. The lowest BCUT2D eigenvalue weighted by molar-refractivity contribution is -0.125. The van der Waals surface area contributed by atoms with E-state index >= 15 is 0 Å². The van der Waals surface area contributed by atoms with Gasteiger partial charge < -0.3 is 15.0 Å². The Bertz CT molecular complexity index is 624. The quantitative estimate of drug-likeness (QED) is 0.817. The van der Waals surface area contributed by atoms with Gasteiger partial charge in [-0.05, 0) is 31.9 Å². The van der Waals surface area contributed by atoms with Crippen LogP contribution in [0.5, 0.6) is 5.75 Å². The van der Waals surface area contributed by atoms with Gasteiger partial charge in [-0.2, -0.15) is 0 Å². The molecule has 2 rings (SSSR count). The lowest BCUT2D eigenvalue weighted by Gasteiger charge is -2.26. The van der Waals surface area contributed by atoms with Crippen molar-refractivity contribution in [3.8, 4) is 5.75 Å². The van der Waals surface area contributed by atoms with Crippen molar-refractivity contribution in [1.29, 1.82) is 0 Å². The van der Waals surface area contributed by atoms with Crippen LogP contribution in [0.15, 0.2) is 18.2 Å². The molecule has 4 amide bonds. The van der Waals surface area contributed by atoms with Crippen LogP contribution in [-0.2, 0) is 9.59 Å². The summed E-state index contributed by atoms with van der Waals surface area (Å²) in [4.78, 5) is 36.0. The van der Waals surface area contributed by atoms with Gasteiger partial charge in [0.1, 0.15) is 18.9 Å². The summed E-state index contributed by atoms with van der Waals surface area (Å²) in [6, 6.07) is 5.19. The van der Waals surface area contributed by atoms with Gasteiger partial charge in [0.05, 0.1) is 6.04 Å². The number of rotatable bonds is 6. The third kappa shape index (κ3) is 4.71. The number of amides is 4. The molecule has 1 heterocycles. The topological polar surface area (TPSA) is 87.7 Å². The lowest BCUT2D eigenvalue weighted by Crippen LogP contribution is -2.53. The first kappa shape index (κ1) is 17.8. The van der Waals surface area contributed by atoms with Gasteiger partial charge in [-0.15, -0.1) is 0 Å². The fourth-order valence-electron chi connectivity index (χ4n) is 2.52. The molecule has 2 N–H and O–H groups in total. The van der Waals surface area contributed by atoms with Crippen molar-refractivity contribution in [2.75, 3.05) is 19.7 Å². The monoisotopic (exact) mass is 333 g/mol. The van der Waals surface area contributed by atoms with Gasteiger partial charge in [0.2, 0.25) is 11.8 Å². The molecular formula is C17H23N3O4. The van der Waals surface area contributed by atoms with Crippen LogP contribution >= 0.6 is 0 Å². The lowest BCUT2D eigenvalue weighted by atomic mass is 10.1. The number of carbonyl (C=O) groups excluding carboxylic acids is 3. The molecule has 1 fully saturated rings. The van der Waals surface area contributed by atoms with Crippen LogP contribution in [0.4, 0.5) is 4.79 Å². The zero-order valence-electron chi connectivity index (χ0n) is 14.2. The molecule has 1 atom stereocenters. The summed E-state index contributed by atoms with van der Waals surface area (Å²) in [5, 5.41) is 4.99. The largest absolute Gasteiger partial charge is 0.491 e. The number of aryl methyl sites for hydroxylation is 2. The molecular weight excluding hydrogens is 310 g/mol. The van der Waals surface area contributed by atoms with Gasteiger partial charge in [0, 0.05) is 13.0 Å². The van der Waals surface area contributed by atoms with Crippen LogP contribution in [-0.4, -0.2) is 48.5 Å². The number of imide groups is 1. The summed E-state index contributed by atoms with van der Waals surface area (Å²) >= 11 is 0. The van der Waals surface area contributed by atoms with Crippen molar-refractivity contribution >= 4 is 17.8 Å². The van der Waals surface area contributed by atoms with E-state index in [2.05, 4.69) is 10.6 Å². The van der Waals surface area contributed by atoms with Gasteiger partial charge in [-0.1, -0.05) is 18.2 Å². The Morgan fingerprint density at radius 3 is 2.62 bits per heavy atom. The fraction of sp³-hybridized carbons (Fsp3) is 0.471. The van der Waals surface area contributed by atoms with Crippen molar-refractivity contribution in [1.82, 2.24) is 15.5 Å². The van der Waals surface area contributed by atoms with E-state index in [-0.39, 0.29) is 37.4 Å². The molecule has 1 aliphatic rings. The number of hydrogen-bond donors (Lipinski definition) is 2. The number of urea groups is 1. The van der Waals surface area contributed by atoms with E-state index in [0.29, 0.717) is 6.61 Å². The summed E-state index contributed by atoms with van der Waals surface area (Å²) < 4.78 is 5.80. The highest BCUT2D eigenvalue weighted by atomic mass is 16.5. The van der Waals surface area contributed by atoms with E-state index in [1.165, 1.54) is 4.90 Å². The number of nitrogens with zero attached hydrogens (tertiary/aromatic N) is 1. The van der Waals surface area contributed by atoms with Crippen LogP contribution in [0.3, 0.4) is 0 Å². The maximum atomic E-state index is 12.0. The van der Waals surface area contributed by atoms with Crippen LogP contribution in [0.1, 0.15) is 24.5 Å². The molecule has 0 bridgehead atoms. The number of hydrogen-bond acceptors (Lipinski definition) is 4. The minimum absolute atomic E-state index is 0.0765. The van der Waals surface area contributed by atoms with Crippen molar-refractivity contribution in [2.45, 2.75) is 33.2 Å². The van der Waals surface area contributed by atoms with E-state index in [0.717, 1.165) is 16.9 Å². The molecule has 1 aromatic rings. The Labute approximate surface area is 141 Å². The molecule has 1 saturated heterocycles. The highest BCUT2D eigenvalue weighted by molar-refractivity contribution is 5.98. The average Bonchev–Trinajstić information content (AvgIpc) is 2.49. The molecule has 130 valence electrons. The van der Waals surface area contributed by atoms with Gasteiger partial charge in [0.15, 0.2) is 0 Å². The van der Waals surface area contributed by atoms with Crippen LogP contribution in [0, 0.1) is 13.8 Å². The highest BCUT2D eigenvalue weighted by Gasteiger charge is 2.25. The third-order valence-corrected chi connectivity index (χ3v) is 3.77. The summed E-state index contributed by atoms with van der Waals surface area (Å²) in [6.07, 6.45) is 0.213. The van der Waals surface area contributed by atoms with E-state index in [4.69, 9.17) is 4.74 Å². The zero-order valence-corrected chi connectivity index (χ0v) is 14.2. The standard InChI is InChI=1S/C17H23N3O4/c1-11-5-4-6-12(2)16(11)24-10-13(3)18-15(22)9-20-8-7-14(21)19-17(20)23/h4-6,13H,7-10H2,1-3H3,(H,18,22)(H,19,21,23). The third-order valence-electron chi connectivity index (χ3n) is 3.77. The van der Waals surface area contributed by atoms with Gasteiger partial charge in [0.25, 0.3) is 0 Å². The molecule has 0 spiro atoms. The molecule has 0 aromatic heterocycles. The first-order valence-corrected chi connectivity index (χ1v) is 7.94. The fourth-order valence-corrected chi connectivity index (χ4v) is 2.52. The van der Waals surface area contributed by atoms with E-state index in [9.17, 15) is 14.4 Å². The molecule has 0 saturated carbocycles. The Kier molecular flexibility index (Phi) is 5.78. The van der Waals surface area contributed by atoms with Crippen molar-refractivity contribution in [2.24, 2.45) is 0 Å². The SMILES string of the molecule is Cc1cccc(C)c1OCC(C)NC(=O)CN1CCC(=O)NC1=O. The second-order valence-electron chi connectivity index (χ2n) is 6.03. The Morgan fingerprint density at radius 1 is 1.33 bits per heavy atom. The molecule has 7 heteroatoms. The maximum Gasteiger partial charge on any atom is 0.324 e. The number of nitrogens with one attached hydrogen (secondary N) is 2. The molecule has 0 radical (unpaired) electrons. The minimum atomic E-state index is -0.527. The molecule has 1 aromatic carbocycles.